The molecule has 6 heteroatoms. The van der Waals surface area contributed by atoms with Crippen molar-refractivity contribution in [3.8, 4) is 0 Å². The minimum Gasteiger partial charge on any atom is -0.356 e. The zero-order valence-corrected chi connectivity index (χ0v) is 15.5. The van der Waals surface area contributed by atoms with Gasteiger partial charge in [0.05, 0.1) is 12.1 Å². The van der Waals surface area contributed by atoms with Crippen LogP contribution in [0.2, 0.25) is 0 Å². The van der Waals surface area contributed by atoms with Gasteiger partial charge in [0, 0.05) is 13.1 Å². The highest BCUT2D eigenvalue weighted by Crippen LogP contribution is 2.28. The van der Waals surface area contributed by atoms with Crippen LogP contribution >= 0.6 is 0 Å². The summed E-state index contributed by atoms with van der Waals surface area (Å²) in [4.78, 5) is 40.8. The second kappa shape index (κ2) is 8.03. The average molecular weight is 365 g/mol. The Morgan fingerprint density at radius 3 is 2.33 bits per heavy atom. The number of hydrogen-bond donors (Lipinski definition) is 1. The van der Waals surface area contributed by atoms with Gasteiger partial charge in [0.25, 0.3) is 5.91 Å². The van der Waals surface area contributed by atoms with E-state index in [-0.39, 0.29) is 24.8 Å². The molecule has 1 saturated heterocycles. The molecule has 0 bridgehead atoms. The zero-order valence-electron chi connectivity index (χ0n) is 15.5. The summed E-state index contributed by atoms with van der Waals surface area (Å²) < 4.78 is 0. The third-order valence-corrected chi connectivity index (χ3v) is 4.56. The number of nitrogens with zero attached hydrogens (tertiary/aromatic N) is 2. The van der Waals surface area contributed by atoms with Crippen molar-refractivity contribution in [2.45, 2.75) is 32.9 Å². The van der Waals surface area contributed by atoms with Crippen molar-refractivity contribution in [2.24, 2.45) is 0 Å². The third kappa shape index (κ3) is 4.00. The largest absolute Gasteiger partial charge is 0.356 e. The predicted molar refractivity (Wildman–Crippen MR) is 103 cm³/mol. The van der Waals surface area contributed by atoms with E-state index in [0.717, 1.165) is 16.0 Å². The monoisotopic (exact) mass is 365 g/mol. The molecule has 4 amide bonds. The van der Waals surface area contributed by atoms with Gasteiger partial charge in [-0.15, -0.1) is 0 Å². The molecule has 1 fully saturated rings. The molecule has 3 rings (SSSR count). The highest BCUT2D eigenvalue weighted by Gasteiger charge is 2.46. The number of anilines is 1. The molecule has 6 nitrogen and oxygen atoms in total. The lowest BCUT2D eigenvalue weighted by Gasteiger charge is -2.21. The predicted octanol–water partition coefficient (Wildman–Crippen LogP) is 2.86. The number of rotatable bonds is 6. The van der Waals surface area contributed by atoms with E-state index in [1.165, 1.54) is 4.90 Å². The second-order valence-corrected chi connectivity index (χ2v) is 6.58. The van der Waals surface area contributed by atoms with E-state index in [9.17, 15) is 14.4 Å². The Hall–Kier alpha value is -3.15. The summed E-state index contributed by atoms with van der Waals surface area (Å²) in [5.74, 6) is -0.614. The molecule has 1 atom stereocenters. The molecule has 1 N–H and O–H groups in total. The number of hydrogen-bond acceptors (Lipinski definition) is 3. The number of amides is 4. The van der Waals surface area contributed by atoms with Crippen LogP contribution in [-0.4, -0.2) is 35.3 Å². The van der Waals surface area contributed by atoms with Crippen molar-refractivity contribution in [1.29, 1.82) is 0 Å². The Morgan fingerprint density at radius 1 is 1.04 bits per heavy atom. The van der Waals surface area contributed by atoms with Gasteiger partial charge >= 0.3 is 6.03 Å². The Kier molecular flexibility index (Phi) is 5.54. The van der Waals surface area contributed by atoms with Gasteiger partial charge in [-0.2, -0.15) is 0 Å². The molecular formula is C21H23N3O3. The molecule has 0 aromatic heterocycles. The van der Waals surface area contributed by atoms with Crippen LogP contribution in [-0.2, 0) is 16.1 Å². The van der Waals surface area contributed by atoms with Crippen LogP contribution in [0.4, 0.5) is 10.5 Å². The summed E-state index contributed by atoms with van der Waals surface area (Å²) >= 11 is 0. The fourth-order valence-electron chi connectivity index (χ4n) is 3.16. The summed E-state index contributed by atoms with van der Waals surface area (Å²) in [6.07, 6.45) is -0.0480. The van der Waals surface area contributed by atoms with Crippen molar-refractivity contribution in [3.05, 3.63) is 65.7 Å². The molecule has 140 valence electrons. The molecular weight excluding hydrogens is 342 g/mol. The maximum atomic E-state index is 13.0. The van der Waals surface area contributed by atoms with Gasteiger partial charge in [0.1, 0.15) is 6.04 Å². The SMILES string of the molecule is CCNC(=O)CC1C(=O)N(c2ccccc2)C(=O)N1Cc1ccc(C)cc1. The van der Waals surface area contributed by atoms with Gasteiger partial charge < -0.3 is 10.2 Å². The lowest BCUT2D eigenvalue weighted by Crippen LogP contribution is -2.39. The number of carbonyl (C=O) groups is 3. The van der Waals surface area contributed by atoms with Crippen LogP contribution < -0.4 is 10.2 Å². The van der Waals surface area contributed by atoms with Crippen molar-refractivity contribution >= 4 is 23.5 Å². The number of urea groups is 1. The van der Waals surface area contributed by atoms with E-state index < -0.39 is 12.1 Å². The van der Waals surface area contributed by atoms with Crippen molar-refractivity contribution < 1.29 is 14.4 Å². The molecule has 0 aliphatic carbocycles. The van der Waals surface area contributed by atoms with E-state index in [2.05, 4.69) is 5.32 Å². The lowest BCUT2D eigenvalue weighted by molar-refractivity contribution is -0.127. The number of benzene rings is 2. The van der Waals surface area contributed by atoms with Crippen LogP contribution in [0.1, 0.15) is 24.5 Å². The fraction of sp³-hybridized carbons (Fsp3) is 0.286. The summed E-state index contributed by atoms with van der Waals surface area (Å²) in [6.45, 7) is 4.56. The first kappa shape index (κ1) is 18.6. The highest BCUT2D eigenvalue weighted by atomic mass is 16.2. The number of aryl methyl sites for hydroxylation is 1. The first-order valence-corrected chi connectivity index (χ1v) is 9.03. The first-order valence-electron chi connectivity index (χ1n) is 9.03. The smallest absolute Gasteiger partial charge is 0.332 e. The van der Waals surface area contributed by atoms with Crippen LogP contribution in [0.3, 0.4) is 0 Å². The van der Waals surface area contributed by atoms with Gasteiger partial charge in [0.2, 0.25) is 5.91 Å². The topological polar surface area (TPSA) is 69.7 Å². The molecule has 0 saturated carbocycles. The van der Waals surface area contributed by atoms with E-state index in [4.69, 9.17) is 0 Å². The first-order chi connectivity index (χ1) is 13.0. The summed E-state index contributed by atoms with van der Waals surface area (Å²) in [5.41, 5.74) is 2.55. The Balaban J connectivity index is 1.90. The number of nitrogens with one attached hydrogen (secondary N) is 1. The Labute approximate surface area is 158 Å². The molecule has 2 aromatic rings. The van der Waals surface area contributed by atoms with Crippen molar-refractivity contribution in [2.75, 3.05) is 11.4 Å². The molecule has 1 aliphatic heterocycles. The number of imide groups is 1. The normalized spacial score (nSPS) is 16.7. The maximum absolute atomic E-state index is 13.0. The Bertz CT molecular complexity index is 834. The van der Waals surface area contributed by atoms with Gasteiger partial charge in [-0.25, -0.2) is 9.69 Å². The minimum absolute atomic E-state index is 0.0480. The molecule has 1 heterocycles. The number of para-hydroxylation sites is 1. The van der Waals surface area contributed by atoms with Crippen molar-refractivity contribution in [3.63, 3.8) is 0 Å². The average Bonchev–Trinajstić information content (AvgIpc) is 2.88. The Morgan fingerprint density at radius 2 is 1.70 bits per heavy atom. The summed E-state index contributed by atoms with van der Waals surface area (Å²) in [6, 6.07) is 15.4. The number of carbonyl (C=O) groups excluding carboxylic acids is 3. The van der Waals surface area contributed by atoms with E-state index in [1.54, 1.807) is 24.3 Å². The van der Waals surface area contributed by atoms with E-state index in [0.29, 0.717) is 12.2 Å². The molecule has 0 radical (unpaired) electrons. The minimum atomic E-state index is -0.814. The van der Waals surface area contributed by atoms with Crippen LogP contribution in [0.5, 0.6) is 0 Å². The fourth-order valence-corrected chi connectivity index (χ4v) is 3.16. The van der Waals surface area contributed by atoms with Crippen LogP contribution in [0.25, 0.3) is 0 Å². The van der Waals surface area contributed by atoms with Gasteiger partial charge in [0.15, 0.2) is 0 Å². The molecule has 2 aromatic carbocycles. The van der Waals surface area contributed by atoms with Crippen molar-refractivity contribution in [1.82, 2.24) is 10.2 Å². The quantitative estimate of drug-likeness (QED) is 0.801. The summed E-state index contributed by atoms with van der Waals surface area (Å²) in [7, 11) is 0. The van der Waals surface area contributed by atoms with Gasteiger partial charge in [-0.1, -0.05) is 48.0 Å². The van der Waals surface area contributed by atoms with E-state index >= 15 is 0 Å². The highest BCUT2D eigenvalue weighted by molar-refractivity contribution is 6.22. The molecule has 27 heavy (non-hydrogen) atoms. The summed E-state index contributed by atoms with van der Waals surface area (Å²) in [5, 5.41) is 2.71. The van der Waals surface area contributed by atoms with E-state index in [1.807, 2.05) is 44.2 Å². The lowest BCUT2D eigenvalue weighted by atomic mass is 10.1. The molecule has 1 unspecified atom stereocenters. The van der Waals surface area contributed by atoms with Gasteiger partial charge in [-0.3, -0.25) is 9.59 Å². The molecule has 0 spiro atoms. The maximum Gasteiger partial charge on any atom is 0.332 e. The van der Waals surface area contributed by atoms with Crippen LogP contribution in [0, 0.1) is 6.92 Å². The zero-order chi connectivity index (χ0) is 19.4. The standard InChI is InChI=1S/C21H23N3O3/c1-3-22-19(25)13-18-20(26)24(17-7-5-4-6-8-17)21(27)23(18)14-16-11-9-15(2)10-12-16/h4-12,18H,3,13-14H2,1-2H3,(H,22,25). The molecule has 1 aliphatic rings. The van der Waals surface area contributed by atoms with Gasteiger partial charge in [-0.05, 0) is 31.5 Å². The third-order valence-electron chi connectivity index (χ3n) is 4.56. The van der Waals surface area contributed by atoms with Crippen LogP contribution in [0.15, 0.2) is 54.6 Å². The second-order valence-electron chi connectivity index (χ2n) is 6.58.